The van der Waals surface area contributed by atoms with Crippen LogP contribution in [-0.2, 0) is 9.47 Å². The molecule has 24 heavy (non-hydrogen) atoms. The van der Waals surface area contributed by atoms with Crippen LogP contribution in [0.4, 0.5) is 22.0 Å². The molecule has 8 heteroatoms. The molecule has 0 amide bonds. The van der Waals surface area contributed by atoms with Gasteiger partial charge in [-0.3, -0.25) is 0 Å². The monoisotopic (exact) mass is 356 g/mol. The second-order valence-electron chi connectivity index (χ2n) is 7.79. The van der Waals surface area contributed by atoms with Gasteiger partial charge in [0.2, 0.25) is 0 Å². The second-order valence-corrected chi connectivity index (χ2v) is 7.79. The Morgan fingerprint density at radius 2 is 1.54 bits per heavy atom. The maximum Gasteiger partial charge on any atom is 0.449 e. The van der Waals surface area contributed by atoms with E-state index < -0.39 is 36.7 Å². The van der Waals surface area contributed by atoms with Gasteiger partial charge in [-0.1, -0.05) is 12.8 Å². The molecular weight excluding hydrogens is 335 g/mol. The molecule has 7 unspecified atom stereocenters. The average molecular weight is 356 g/mol. The summed E-state index contributed by atoms with van der Waals surface area (Å²) in [5, 5.41) is 9.59. The van der Waals surface area contributed by atoms with E-state index in [-0.39, 0.29) is 5.92 Å². The first kappa shape index (κ1) is 17.0. The topological polar surface area (TPSA) is 38.7 Å². The molecule has 7 atom stereocenters. The van der Waals surface area contributed by atoms with Crippen LogP contribution in [-0.4, -0.2) is 35.9 Å². The smallest absolute Gasteiger partial charge is 0.354 e. The summed E-state index contributed by atoms with van der Waals surface area (Å²) in [6.07, 6.45) is -2.03. The molecule has 1 N–H and O–H groups in total. The van der Waals surface area contributed by atoms with Crippen molar-refractivity contribution in [3.05, 3.63) is 0 Å². The summed E-state index contributed by atoms with van der Waals surface area (Å²) in [6.45, 7) is -0.974. The lowest BCUT2D eigenvalue weighted by Crippen LogP contribution is -2.70. The van der Waals surface area contributed by atoms with Crippen LogP contribution in [0.2, 0.25) is 0 Å². The van der Waals surface area contributed by atoms with Gasteiger partial charge in [-0.05, 0) is 55.3 Å². The van der Waals surface area contributed by atoms with Gasteiger partial charge in [0.25, 0.3) is 0 Å². The van der Waals surface area contributed by atoms with Gasteiger partial charge in [0.1, 0.15) is 6.10 Å². The summed E-state index contributed by atoms with van der Waals surface area (Å²) in [7, 11) is 0. The van der Waals surface area contributed by atoms with E-state index in [0.717, 1.165) is 32.1 Å². The molecule has 138 valence electrons. The highest BCUT2D eigenvalue weighted by Crippen LogP contribution is 2.63. The second kappa shape index (κ2) is 5.27. The van der Waals surface area contributed by atoms with Gasteiger partial charge in [0.15, 0.2) is 6.79 Å². The molecule has 0 spiro atoms. The number of aliphatic hydroxyl groups is 1. The lowest BCUT2D eigenvalue weighted by Gasteiger charge is -2.49. The largest absolute Gasteiger partial charge is 0.449 e. The van der Waals surface area contributed by atoms with Crippen molar-refractivity contribution in [2.75, 3.05) is 6.79 Å². The van der Waals surface area contributed by atoms with Crippen LogP contribution in [0, 0.1) is 29.6 Å². The van der Waals surface area contributed by atoms with Crippen molar-refractivity contribution in [2.24, 2.45) is 29.6 Å². The minimum Gasteiger partial charge on any atom is -0.354 e. The molecular formula is C16H21F5O3. The summed E-state index contributed by atoms with van der Waals surface area (Å²) < 4.78 is 77.2. The molecule has 0 aromatic rings. The highest BCUT2D eigenvalue weighted by molar-refractivity contribution is 5.09. The maximum absolute atomic E-state index is 14.6. The van der Waals surface area contributed by atoms with E-state index in [4.69, 9.17) is 4.74 Å². The van der Waals surface area contributed by atoms with Crippen molar-refractivity contribution in [2.45, 2.75) is 62.5 Å². The van der Waals surface area contributed by atoms with Crippen LogP contribution in [0.1, 0.15) is 38.5 Å². The third-order valence-electron chi connectivity index (χ3n) is 6.83. The normalized spacial score (nSPS) is 50.8. The van der Waals surface area contributed by atoms with Crippen molar-refractivity contribution in [1.82, 2.24) is 0 Å². The maximum atomic E-state index is 14.6. The van der Waals surface area contributed by atoms with E-state index in [1.54, 1.807) is 0 Å². The highest BCUT2D eigenvalue weighted by Gasteiger charge is 2.77. The molecule has 1 heterocycles. The Balaban J connectivity index is 1.61. The molecule has 3 aliphatic carbocycles. The summed E-state index contributed by atoms with van der Waals surface area (Å²) in [4.78, 5) is 0. The van der Waals surface area contributed by atoms with Crippen LogP contribution in [0.15, 0.2) is 0 Å². The van der Waals surface area contributed by atoms with E-state index in [0.29, 0.717) is 24.2 Å². The lowest BCUT2D eigenvalue weighted by atomic mass is 9.65. The highest BCUT2D eigenvalue weighted by atomic mass is 19.4. The Hall–Kier alpha value is -0.470. The third kappa shape index (κ3) is 2.11. The lowest BCUT2D eigenvalue weighted by molar-refractivity contribution is -0.488. The number of rotatable bonds is 1. The summed E-state index contributed by atoms with van der Waals surface area (Å²) in [6, 6.07) is 0. The van der Waals surface area contributed by atoms with Gasteiger partial charge in [-0.2, -0.15) is 22.0 Å². The summed E-state index contributed by atoms with van der Waals surface area (Å²) in [5.41, 5.74) is 0. The Morgan fingerprint density at radius 3 is 2.21 bits per heavy atom. The third-order valence-corrected chi connectivity index (χ3v) is 6.83. The molecule has 4 aliphatic rings. The van der Waals surface area contributed by atoms with E-state index in [2.05, 4.69) is 4.74 Å². The fraction of sp³-hybridized carbons (Fsp3) is 1.00. The Kier molecular flexibility index (Phi) is 3.72. The van der Waals surface area contributed by atoms with Crippen LogP contribution in [0.5, 0.6) is 0 Å². The number of hydrogen-bond acceptors (Lipinski definition) is 3. The minimum atomic E-state index is -5.58. The molecule has 1 saturated heterocycles. The predicted molar refractivity (Wildman–Crippen MR) is 71.9 cm³/mol. The first-order valence-corrected chi connectivity index (χ1v) is 8.59. The van der Waals surface area contributed by atoms with Crippen LogP contribution >= 0.6 is 0 Å². The van der Waals surface area contributed by atoms with E-state index >= 15 is 0 Å². The zero-order chi connectivity index (χ0) is 17.3. The number of alkyl halides is 5. The number of halogens is 5. The fourth-order valence-corrected chi connectivity index (χ4v) is 5.89. The molecule has 2 bridgehead atoms. The molecule has 1 aliphatic heterocycles. The number of ether oxygens (including phenoxy) is 2. The minimum absolute atomic E-state index is 0.0354. The van der Waals surface area contributed by atoms with Gasteiger partial charge < -0.3 is 14.6 Å². The standard InChI is InChI=1S/C16H21F5O3/c17-14(18)13(23-7-24-15(14,22)16(19,20)21)12-6-8-5-11(12)10-4-2-1-3-9(8)10/h8-13,22H,1-7H2. The van der Waals surface area contributed by atoms with Crippen molar-refractivity contribution < 1.29 is 36.5 Å². The quantitative estimate of drug-likeness (QED) is 0.728. The molecule has 3 saturated carbocycles. The summed E-state index contributed by atoms with van der Waals surface area (Å²) in [5.74, 6) is -8.56. The van der Waals surface area contributed by atoms with Gasteiger partial charge >= 0.3 is 17.9 Å². The first-order chi connectivity index (χ1) is 11.2. The first-order valence-electron chi connectivity index (χ1n) is 8.59. The van der Waals surface area contributed by atoms with Crippen LogP contribution < -0.4 is 0 Å². The van der Waals surface area contributed by atoms with Crippen molar-refractivity contribution in [3.8, 4) is 0 Å². The van der Waals surface area contributed by atoms with Crippen molar-refractivity contribution in [3.63, 3.8) is 0 Å². The molecule has 4 fully saturated rings. The van der Waals surface area contributed by atoms with E-state index in [9.17, 15) is 27.1 Å². The number of fused-ring (bicyclic) bond motifs is 5. The van der Waals surface area contributed by atoms with E-state index in [1.807, 2.05) is 0 Å². The van der Waals surface area contributed by atoms with Gasteiger partial charge in [-0.15, -0.1) is 0 Å². The Bertz CT molecular complexity index is 510. The molecule has 4 rings (SSSR count). The zero-order valence-corrected chi connectivity index (χ0v) is 13.1. The number of hydrogen-bond donors (Lipinski definition) is 1. The Labute approximate surface area is 136 Å². The molecule has 0 aromatic heterocycles. The van der Waals surface area contributed by atoms with Crippen LogP contribution in [0.3, 0.4) is 0 Å². The average Bonchev–Trinajstić information content (AvgIpc) is 3.08. The summed E-state index contributed by atoms with van der Waals surface area (Å²) >= 11 is 0. The fourth-order valence-electron chi connectivity index (χ4n) is 5.89. The SMILES string of the molecule is OC1(C(F)(F)F)OCOC(C2CC3CC2C2CCCCC32)C1(F)F. The zero-order valence-electron chi connectivity index (χ0n) is 13.1. The molecule has 0 radical (unpaired) electrons. The van der Waals surface area contributed by atoms with Gasteiger partial charge in [0.05, 0.1) is 0 Å². The molecule has 3 nitrogen and oxygen atoms in total. The van der Waals surface area contributed by atoms with Crippen molar-refractivity contribution >= 4 is 0 Å². The predicted octanol–water partition coefficient (Wildman–Crippen LogP) is 3.71. The van der Waals surface area contributed by atoms with Gasteiger partial charge in [-0.25, -0.2) is 0 Å². The molecule has 0 aromatic carbocycles. The van der Waals surface area contributed by atoms with Crippen LogP contribution in [0.25, 0.3) is 0 Å². The van der Waals surface area contributed by atoms with Crippen molar-refractivity contribution in [1.29, 1.82) is 0 Å². The van der Waals surface area contributed by atoms with E-state index in [1.165, 1.54) is 0 Å². The Morgan fingerprint density at radius 1 is 0.917 bits per heavy atom. The van der Waals surface area contributed by atoms with Gasteiger partial charge in [0, 0.05) is 0 Å².